The molecule has 0 amide bonds. The molecule has 0 aliphatic heterocycles. The number of para-hydroxylation sites is 1. The molecule has 19 heavy (non-hydrogen) atoms. The lowest BCUT2D eigenvalue weighted by Crippen LogP contribution is -2.07. The molecule has 0 unspecified atom stereocenters. The lowest BCUT2D eigenvalue weighted by Gasteiger charge is -2.08. The number of hydrogen-bond donors (Lipinski definition) is 1. The molecule has 0 heterocycles. The van der Waals surface area contributed by atoms with Crippen molar-refractivity contribution in [2.45, 2.75) is 6.42 Å². The van der Waals surface area contributed by atoms with E-state index in [1.54, 1.807) is 7.11 Å². The maximum atomic E-state index is 12.3. The Kier molecular flexibility index (Phi) is 4.18. The van der Waals surface area contributed by atoms with Crippen molar-refractivity contribution >= 4 is 11.5 Å². The van der Waals surface area contributed by atoms with Crippen LogP contribution in [0.1, 0.15) is 15.9 Å². The van der Waals surface area contributed by atoms with Crippen LogP contribution in [0.25, 0.3) is 0 Å². The zero-order chi connectivity index (χ0) is 13.7. The Morgan fingerprint density at radius 1 is 1.16 bits per heavy atom. The molecule has 0 aromatic heterocycles. The molecule has 2 rings (SSSR count). The molecular formula is C16H17NO2. The van der Waals surface area contributed by atoms with Gasteiger partial charge >= 0.3 is 0 Å². The van der Waals surface area contributed by atoms with Gasteiger partial charge in [0.2, 0.25) is 0 Å². The van der Waals surface area contributed by atoms with Crippen LogP contribution >= 0.6 is 0 Å². The van der Waals surface area contributed by atoms with Crippen molar-refractivity contribution in [3.8, 4) is 5.75 Å². The summed E-state index contributed by atoms with van der Waals surface area (Å²) in [6.07, 6.45) is 0.371. The van der Waals surface area contributed by atoms with Gasteiger partial charge in [0.25, 0.3) is 0 Å². The van der Waals surface area contributed by atoms with Gasteiger partial charge < -0.3 is 10.1 Å². The molecule has 0 saturated heterocycles. The van der Waals surface area contributed by atoms with E-state index in [0.717, 1.165) is 17.0 Å². The Balaban J connectivity index is 2.20. The third kappa shape index (κ3) is 3.13. The third-order valence-corrected chi connectivity index (χ3v) is 3.00. The molecule has 0 saturated carbocycles. The molecule has 98 valence electrons. The van der Waals surface area contributed by atoms with Crippen molar-refractivity contribution in [1.82, 2.24) is 0 Å². The predicted molar refractivity (Wildman–Crippen MR) is 77.0 cm³/mol. The molecule has 0 radical (unpaired) electrons. The summed E-state index contributed by atoms with van der Waals surface area (Å²) in [5.41, 5.74) is 2.53. The van der Waals surface area contributed by atoms with Crippen LogP contribution in [0.2, 0.25) is 0 Å². The van der Waals surface area contributed by atoms with Gasteiger partial charge in [-0.3, -0.25) is 4.79 Å². The van der Waals surface area contributed by atoms with Crippen LogP contribution in [0.5, 0.6) is 5.75 Å². The van der Waals surface area contributed by atoms with E-state index in [9.17, 15) is 4.79 Å². The van der Waals surface area contributed by atoms with E-state index >= 15 is 0 Å². The van der Waals surface area contributed by atoms with E-state index in [1.807, 2.05) is 55.6 Å². The van der Waals surface area contributed by atoms with Gasteiger partial charge in [0, 0.05) is 24.7 Å². The number of nitrogens with one attached hydrogen (secondary N) is 1. The average Bonchev–Trinajstić information content (AvgIpc) is 2.47. The largest absolute Gasteiger partial charge is 0.497 e. The number of hydrogen-bond acceptors (Lipinski definition) is 3. The molecular weight excluding hydrogens is 238 g/mol. The van der Waals surface area contributed by atoms with Crippen LogP contribution < -0.4 is 10.1 Å². The molecule has 0 aliphatic rings. The van der Waals surface area contributed by atoms with Crippen molar-refractivity contribution in [1.29, 1.82) is 0 Å². The summed E-state index contributed by atoms with van der Waals surface area (Å²) in [5.74, 6) is 0.866. The molecule has 0 aliphatic carbocycles. The normalized spacial score (nSPS) is 10.0. The Morgan fingerprint density at radius 3 is 2.68 bits per heavy atom. The van der Waals surface area contributed by atoms with Crippen LogP contribution in [0, 0.1) is 0 Å². The number of carbonyl (C=O) groups is 1. The fraction of sp³-hybridized carbons (Fsp3) is 0.188. The second-order valence-corrected chi connectivity index (χ2v) is 4.25. The highest BCUT2D eigenvalue weighted by molar-refractivity contribution is 6.02. The number of ketones is 1. The van der Waals surface area contributed by atoms with Crippen molar-refractivity contribution in [3.63, 3.8) is 0 Å². The molecule has 0 spiro atoms. The van der Waals surface area contributed by atoms with Crippen molar-refractivity contribution in [2.75, 3.05) is 19.5 Å². The third-order valence-electron chi connectivity index (χ3n) is 3.00. The van der Waals surface area contributed by atoms with Crippen LogP contribution in [-0.4, -0.2) is 19.9 Å². The minimum absolute atomic E-state index is 0.0956. The molecule has 1 N–H and O–H groups in total. The highest BCUT2D eigenvalue weighted by Crippen LogP contribution is 2.19. The van der Waals surface area contributed by atoms with E-state index in [-0.39, 0.29) is 5.78 Å². The van der Waals surface area contributed by atoms with Gasteiger partial charge in [-0.05, 0) is 29.8 Å². The Labute approximate surface area is 113 Å². The first-order valence-electron chi connectivity index (χ1n) is 6.17. The lowest BCUT2D eigenvalue weighted by atomic mass is 10.0. The smallest absolute Gasteiger partial charge is 0.169 e. The summed E-state index contributed by atoms with van der Waals surface area (Å²) in [6.45, 7) is 0. The van der Waals surface area contributed by atoms with Crippen molar-refractivity contribution < 1.29 is 9.53 Å². The Morgan fingerprint density at radius 2 is 1.95 bits per heavy atom. The molecule has 3 nitrogen and oxygen atoms in total. The second-order valence-electron chi connectivity index (χ2n) is 4.25. The van der Waals surface area contributed by atoms with E-state index in [1.165, 1.54) is 0 Å². The summed E-state index contributed by atoms with van der Waals surface area (Å²) in [4.78, 5) is 12.3. The van der Waals surface area contributed by atoms with Gasteiger partial charge in [0.1, 0.15) is 5.75 Å². The van der Waals surface area contributed by atoms with Crippen molar-refractivity contribution in [2.24, 2.45) is 0 Å². The van der Waals surface area contributed by atoms with E-state index in [0.29, 0.717) is 12.0 Å². The quantitative estimate of drug-likeness (QED) is 0.834. The van der Waals surface area contributed by atoms with Gasteiger partial charge in [-0.25, -0.2) is 0 Å². The Bertz CT molecular complexity index is 578. The number of benzene rings is 2. The van der Waals surface area contributed by atoms with Gasteiger partial charge in [-0.1, -0.05) is 24.3 Å². The average molecular weight is 255 g/mol. The summed E-state index contributed by atoms with van der Waals surface area (Å²) in [6, 6.07) is 15.1. The van der Waals surface area contributed by atoms with Gasteiger partial charge in [-0.15, -0.1) is 0 Å². The summed E-state index contributed by atoms with van der Waals surface area (Å²) in [5, 5.41) is 3.04. The molecule has 0 atom stereocenters. The Hall–Kier alpha value is -2.29. The first kappa shape index (κ1) is 13.1. The van der Waals surface area contributed by atoms with Gasteiger partial charge in [0.05, 0.1) is 7.11 Å². The SMILES string of the molecule is CNc1ccccc1C(=O)Cc1cccc(OC)c1. The maximum Gasteiger partial charge on any atom is 0.169 e. The van der Waals surface area contributed by atoms with E-state index < -0.39 is 0 Å². The van der Waals surface area contributed by atoms with Crippen LogP contribution in [0.3, 0.4) is 0 Å². The van der Waals surface area contributed by atoms with Crippen LogP contribution in [0.15, 0.2) is 48.5 Å². The van der Waals surface area contributed by atoms with Gasteiger partial charge in [0.15, 0.2) is 5.78 Å². The maximum absolute atomic E-state index is 12.3. The van der Waals surface area contributed by atoms with E-state index in [2.05, 4.69) is 5.32 Å². The first-order chi connectivity index (χ1) is 9.24. The highest BCUT2D eigenvalue weighted by Gasteiger charge is 2.11. The minimum Gasteiger partial charge on any atom is -0.497 e. The molecule has 2 aromatic rings. The summed E-state index contributed by atoms with van der Waals surface area (Å²) in [7, 11) is 3.44. The van der Waals surface area contributed by atoms with Crippen LogP contribution in [-0.2, 0) is 6.42 Å². The second kappa shape index (κ2) is 6.05. The monoisotopic (exact) mass is 255 g/mol. The number of rotatable bonds is 5. The van der Waals surface area contributed by atoms with Crippen LogP contribution in [0.4, 0.5) is 5.69 Å². The fourth-order valence-electron chi connectivity index (χ4n) is 2.01. The molecule has 2 aromatic carbocycles. The zero-order valence-corrected chi connectivity index (χ0v) is 11.1. The topological polar surface area (TPSA) is 38.3 Å². The number of methoxy groups -OCH3 is 1. The highest BCUT2D eigenvalue weighted by atomic mass is 16.5. The summed E-state index contributed by atoms with van der Waals surface area (Å²) < 4.78 is 5.16. The zero-order valence-electron chi connectivity index (χ0n) is 11.1. The fourth-order valence-corrected chi connectivity index (χ4v) is 2.01. The van der Waals surface area contributed by atoms with E-state index in [4.69, 9.17) is 4.74 Å². The number of Topliss-reactive ketones (excluding diaryl/α,β-unsaturated/α-hetero) is 1. The number of anilines is 1. The standard InChI is InChI=1S/C16H17NO2/c1-17-15-9-4-3-8-14(15)16(18)11-12-6-5-7-13(10-12)19-2/h3-10,17H,11H2,1-2H3. The molecule has 3 heteroatoms. The predicted octanol–water partition coefficient (Wildman–Crippen LogP) is 3.16. The van der Waals surface area contributed by atoms with Crippen molar-refractivity contribution in [3.05, 3.63) is 59.7 Å². The summed E-state index contributed by atoms with van der Waals surface area (Å²) >= 11 is 0. The number of ether oxygens (including phenoxy) is 1. The van der Waals surface area contributed by atoms with Gasteiger partial charge in [-0.2, -0.15) is 0 Å². The molecule has 0 fully saturated rings. The molecule has 0 bridgehead atoms. The number of carbonyl (C=O) groups excluding carboxylic acids is 1. The lowest BCUT2D eigenvalue weighted by molar-refractivity contribution is 0.0993. The first-order valence-corrected chi connectivity index (χ1v) is 6.17. The minimum atomic E-state index is 0.0956.